The Bertz CT molecular complexity index is 1200. The average molecular weight is 438 g/mol. The van der Waals surface area contributed by atoms with Crippen LogP contribution in [0.25, 0.3) is 22.5 Å². The summed E-state index contributed by atoms with van der Waals surface area (Å²) in [5, 5.41) is 0. The van der Waals surface area contributed by atoms with E-state index in [0.29, 0.717) is 22.8 Å². The van der Waals surface area contributed by atoms with Crippen LogP contribution in [-0.4, -0.2) is 17.1 Å². The van der Waals surface area contributed by atoms with Crippen molar-refractivity contribution in [3.63, 3.8) is 0 Å². The van der Waals surface area contributed by atoms with Gasteiger partial charge in [0.05, 0.1) is 22.8 Å². The number of benzene rings is 2. The maximum Gasteiger partial charge on any atom is 0.148 e. The molecule has 0 aliphatic heterocycles. The van der Waals surface area contributed by atoms with E-state index < -0.39 is 28.9 Å². The first kappa shape index (κ1) is 21.6. The molecule has 0 bridgehead atoms. The third-order valence-corrected chi connectivity index (χ3v) is 5.30. The molecule has 0 aliphatic rings. The van der Waals surface area contributed by atoms with Gasteiger partial charge in [0.25, 0.3) is 0 Å². The topological polar surface area (TPSA) is 35.0 Å². The Labute approximate surface area is 182 Å². The summed E-state index contributed by atoms with van der Waals surface area (Å²) in [5.74, 6) is -2.84. The maximum atomic E-state index is 14.3. The number of rotatable bonds is 5. The highest BCUT2D eigenvalue weighted by atomic mass is 19.1. The standard InChI is InChI=1S/C25H18F4N2O/c1-25(32-2,23-7-3-5-21(30-23)17-11-9-15(26)13-19(17)28)24-8-4-6-22(31-24)18-12-10-16(27)14-20(18)29/h3-14H,1-2H3. The van der Waals surface area contributed by atoms with Crippen molar-refractivity contribution in [1.29, 1.82) is 0 Å². The van der Waals surface area contributed by atoms with Crippen LogP contribution in [0.3, 0.4) is 0 Å². The minimum atomic E-state index is -1.17. The molecule has 0 saturated heterocycles. The van der Waals surface area contributed by atoms with Gasteiger partial charge in [0.15, 0.2) is 0 Å². The third kappa shape index (κ3) is 3.99. The van der Waals surface area contributed by atoms with E-state index in [2.05, 4.69) is 9.97 Å². The molecule has 0 aliphatic carbocycles. The van der Waals surface area contributed by atoms with Crippen LogP contribution >= 0.6 is 0 Å². The molecule has 2 aromatic carbocycles. The maximum absolute atomic E-state index is 14.3. The molecule has 0 fully saturated rings. The second-order valence-electron chi connectivity index (χ2n) is 7.30. The van der Waals surface area contributed by atoms with Gasteiger partial charge in [-0.25, -0.2) is 27.5 Å². The van der Waals surface area contributed by atoms with Gasteiger partial charge in [-0.15, -0.1) is 0 Å². The monoisotopic (exact) mass is 438 g/mol. The Morgan fingerprint density at radius 3 is 1.47 bits per heavy atom. The summed E-state index contributed by atoms with van der Waals surface area (Å²) in [4.78, 5) is 9.07. The Hall–Kier alpha value is -3.58. The van der Waals surface area contributed by atoms with Gasteiger partial charge in [0.1, 0.15) is 28.9 Å². The predicted octanol–water partition coefficient (Wildman–Crippen LogP) is 6.28. The number of nitrogens with zero attached hydrogens (tertiary/aromatic N) is 2. The SMILES string of the molecule is COC(C)(c1cccc(-c2ccc(F)cc2F)n1)c1cccc(-c2ccc(F)cc2F)n1. The first-order valence-electron chi connectivity index (χ1n) is 9.73. The van der Waals surface area contributed by atoms with Crippen LogP contribution in [0.15, 0.2) is 72.8 Å². The van der Waals surface area contributed by atoms with Crippen molar-refractivity contribution in [2.45, 2.75) is 12.5 Å². The van der Waals surface area contributed by atoms with Crippen LogP contribution in [0.2, 0.25) is 0 Å². The van der Waals surface area contributed by atoms with Gasteiger partial charge in [0, 0.05) is 30.4 Å². The second kappa shape index (κ2) is 8.51. The summed E-state index contributed by atoms with van der Waals surface area (Å²) in [6.45, 7) is 1.73. The highest BCUT2D eigenvalue weighted by molar-refractivity contribution is 5.61. The van der Waals surface area contributed by atoms with Gasteiger partial charge in [-0.1, -0.05) is 12.1 Å². The van der Waals surface area contributed by atoms with Crippen LogP contribution in [0, 0.1) is 23.3 Å². The van der Waals surface area contributed by atoms with Crippen LogP contribution in [0.4, 0.5) is 17.6 Å². The smallest absolute Gasteiger partial charge is 0.148 e. The molecule has 4 rings (SSSR count). The number of hydrogen-bond acceptors (Lipinski definition) is 3. The highest BCUT2D eigenvalue weighted by Crippen LogP contribution is 2.34. The van der Waals surface area contributed by atoms with Crippen molar-refractivity contribution in [3.8, 4) is 22.5 Å². The van der Waals surface area contributed by atoms with E-state index in [-0.39, 0.29) is 11.1 Å². The number of pyridine rings is 2. The first-order chi connectivity index (χ1) is 15.3. The molecule has 0 spiro atoms. The van der Waals surface area contributed by atoms with Gasteiger partial charge in [0.2, 0.25) is 0 Å². The van der Waals surface area contributed by atoms with Crippen LogP contribution in [0.1, 0.15) is 18.3 Å². The number of halogens is 4. The third-order valence-electron chi connectivity index (χ3n) is 5.30. The van der Waals surface area contributed by atoms with Gasteiger partial charge in [-0.3, -0.25) is 0 Å². The molecular weight excluding hydrogens is 420 g/mol. The molecule has 0 saturated carbocycles. The lowest BCUT2D eigenvalue weighted by Crippen LogP contribution is -2.28. The lowest BCUT2D eigenvalue weighted by molar-refractivity contribution is 0.0318. The van der Waals surface area contributed by atoms with E-state index >= 15 is 0 Å². The lowest BCUT2D eigenvalue weighted by Gasteiger charge is -2.28. The number of hydrogen-bond donors (Lipinski definition) is 0. The Morgan fingerprint density at radius 2 is 1.09 bits per heavy atom. The minimum absolute atomic E-state index is 0.141. The summed E-state index contributed by atoms with van der Waals surface area (Å²) >= 11 is 0. The number of methoxy groups -OCH3 is 1. The summed E-state index contributed by atoms with van der Waals surface area (Å²) in [6, 6.07) is 16.5. The average Bonchev–Trinajstić information content (AvgIpc) is 2.78. The summed E-state index contributed by atoms with van der Waals surface area (Å²) in [7, 11) is 1.47. The fraction of sp³-hybridized carbons (Fsp3) is 0.120. The van der Waals surface area contributed by atoms with Crippen molar-refractivity contribution in [2.24, 2.45) is 0 Å². The van der Waals surface area contributed by atoms with Gasteiger partial charge in [-0.05, 0) is 55.5 Å². The lowest BCUT2D eigenvalue weighted by atomic mass is 9.94. The minimum Gasteiger partial charge on any atom is -0.366 e. The largest absolute Gasteiger partial charge is 0.366 e. The van der Waals surface area contributed by atoms with Crippen molar-refractivity contribution in [2.75, 3.05) is 7.11 Å². The molecule has 0 atom stereocenters. The molecule has 4 aromatic rings. The molecule has 0 amide bonds. The molecule has 7 heteroatoms. The molecule has 0 radical (unpaired) electrons. The van der Waals surface area contributed by atoms with Gasteiger partial charge >= 0.3 is 0 Å². The van der Waals surface area contributed by atoms with Crippen molar-refractivity contribution < 1.29 is 22.3 Å². The van der Waals surface area contributed by atoms with Crippen LogP contribution in [0.5, 0.6) is 0 Å². The van der Waals surface area contributed by atoms with Crippen molar-refractivity contribution in [3.05, 3.63) is 107 Å². The van der Waals surface area contributed by atoms with Crippen LogP contribution in [-0.2, 0) is 10.3 Å². The van der Waals surface area contributed by atoms with Crippen LogP contribution < -0.4 is 0 Å². The zero-order chi connectivity index (χ0) is 22.9. The predicted molar refractivity (Wildman–Crippen MR) is 113 cm³/mol. The zero-order valence-corrected chi connectivity index (χ0v) is 17.2. The number of ether oxygens (including phenoxy) is 1. The van der Waals surface area contributed by atoms with E-state index in [4.69, 9.17) is 4.74 Å². The van der Waals surface area contributed by atoms with Gasteiger partial charge in [-0.2, -0.15) is 0 Å². The fourth-order valence-electron chi connectivity index (χ4n) is 3.44. The van der Waals surface area contributed by atoms with E-state index in [9.17, 15) is 17.6 Å². The second-order valence-corrected chi connectivity index (χ2v) is 7.30. The zero-order valence-electron chi connectivity index (χ0n) is 17.2. The van der Waals surface area contributed by atoms with Crippen molar-refractivity contribution >= 4 is 0 Å². The fourth-order valence-corrected chi connectivity index (χ4v) is 3.44. The van der Waals surface area contributed by atoms with E-state index in [1.165, 1.54) is 19.2 Å². The van der Waals surface area contributed by atoms with E-state index in [1.54, 1.807) is 43.3 Å². The number of aromatic nitrogens is 2. The van der Waals surface area contributed by atoms with Gasteiger partial charge < -0.3 is 4.74 Å². The highest BCUT2D eigenvalue weighted by Gasteiger charge is 2.32. The molecule has 32 heavy (non-hydrogen) atoms. The Morgan fingerprint density at radius 1 is 0.656 bits per heavy atom. The molecule has 2 aromatic heterocycles. The molecule has 2 heterocycles. The summed E-state index contributed by atoms with van der Waals surface area (Å²) in [6.07, 6.45) is 0. The van der Waals surface area contributed by atoms with Crippen molar-refractivity contribution in [1.82, 2.24) is 9.97 Å². The normalized spacial score (nSPS) is 11.6. The quantitative estimate of drug-likeness (QED) is 0.344. The van der Waals surface area contributed by atoms with E-state index in [0.717, 1.165) is 24.3 Å². The Balaban J connectivity index is 1.79. The molecule has 3 nitrogen and oxygen atoms in total. The summed E-state index contributed by atoms with van der Waals surface area (Å²) in [5.41, 5.74) is 0.548. The molecule has 0 N–H and O–H groups in total. The molecular formula is C25H18F4N2O. The van der Waals surface area contributed by atoms with E-state index in [1.807, 2.05) is 0 Å². The Kier molecular flexibility index (Phi) is 5.76. The molecule has 0 unspecified atom stereocenters. The summed E-state index contributed by atoms with van der Waals surface area (Å²) < 4.78 is 60.9. The first-order valence-corrected chi connectivity index (χ1v) is 9.73. The molecule has 162 valence electrons.